The van der Waals surface area contributed by atoms with Gasteiger partial charge in [0.05, 0.1) is 6.42 Å². The standard InChI is InChI=1S/C22H24N4O3/c1-14-6-5-11-23-20(14)21(28)24-16-9-7-15(8-10-16)12-19(27)25-18-13-17(29-26-18)22(2,3)4/h5-11,13H,12H2,1-4H3,(H,24,28)(H,25,26,27). The molecule has 7 heteroatoms. The molecule has 1 aromatic carbocycles. The Labute approximate surface area is 169 Å². The fourth-order valence-corrected chi connectivity index (χ4v) is 2.68. The summed E-state index contributed by atoms with van der Waals surface area (Å²) in [6.45, 7) is 7.86. The van der Waals surface area contributed by atoms with Crippen molar-refractivity contribution in [2.24, 2.45) is 0 Å². The first-order chi connectivity index (χ1) is 13.7. The van der Waals surface area contributed by atoms with E-state index in [0.717, 1.165) is 11.1 Å². The van der Waals surface area contributed by atoms with Gasteiger partial charge in [0.25, 0.3) is 5.91 Å². The number of rotatable bonds is 5. The Morgan fingerprint density at radius 1 is 1.07 bits per heavy atom. The number of amides is 2. The van der Waals surface area contributed by atoms with Gasteiger partial charge in [-0.3, -0.25) is 14.6 Å². The Morgan fingerprint density at radius 3 is 2.41 bits per heavy atom. The summed E-state index contributed by atoms with van der Waals surface area (Å²) in [5, 5.41) is 9.43. The number of aryl methyl sites for hydroxylation is 1. The van der Waals surface area contributed by atoms with Gasteiger partial charge < -0.3 is 15.2 Å². The number of carbonyl (C=O) groups is 2. The fourth-order valence-electron chi connectivity index (χ4n) is 2.68. The van der Waals surface area contributed by atoms with Gasteiger partial charge in [0.1, 0.15) is 11.5 Å². The highest BCUT2D eigenvalue weighted by Gasteiger charge is 2.20. The van der Waals surface area contributed by atoms with E-state index in [4.69, 9.17) is 4.52 Å². The molecule has 0 aliphatic heterocycles. The Morgan fingerprint density at radius 2 is 1.79 bits per heavy atom. The van der Waals surface area contributed by atoms with Crippen LogP contribution in [0.4, 0.5) is 11.5 Å². The van der Waals surface area contributed by atoms with E-state index < -0.39 is 0 Å². The molecular formula is C22H24N4O3. The number of hydrogen-bond donors (Lipinski definition) is 2. The number of nitrogens with one attached hydrogen (secondary N) is 2. The zero-order valence-corrected chi connectivity index (χ0v) is 16.9. The molecule has 0 fully saturated rings. The summed E-state index contributed by atoms with van der Waals surface area (Å²) in [4.78, 5) is 28.7. The van der Waals surface area contributed by atoms with Crippen molar-refractivity contribution in [1.82, 2.24) is 10.1 Å². The van der Waals surface area contributed by atoms with Crippen molar-refractivity contribution in [3.63, 3.8) is 0 Å². The number of hydrogen-bond acceptors (Lipinski definition) is 5. The van der Waals surface area contributed by atoms with E-state index in [0.29, 0.717) is 23.0 Å². The predicted molar refractivity (Wildman–Crippen MR) is 111 cm³/mol. The third-order valence-corrected chi connectivity index (χ3v) is 4.32. The van der Waals surface area contributed by atoms with Gasteiger partial charge in [0, 0.05) is 23.4 Å². The van der Waals surface area contributed by atoms with E-state index in [1.54, 1.807) is 42.6 Å². The van der Waals surface area contributed by atoms with Crippen LogP contribution in [0.2, 0.25) is 0 Å². The van der Waals surface area contributed by atoms with Crippen LogP contribution >= 0.6 is 0 Å². The summed E-state index contributed by atoms with van der Waals surface area (Å²) in [5.74, 6) is 0.638. The molecule has 0 spiro atoms. The fraction of sp³-hybridized carbons (Fsp3) is 0.273. The lowest BCUT2D eigenvalue weighted by Crippen LogP contribution is -2.16. The van der Waals surface area contributed by atoms with Crippen LogP contribution in [0.3, 0.4) is 0 Å². The van der Waals surface area contributed by atoms with E-state index in [-0.39, 0.29) is 23.7 Å². The molecule has 2 N–H and O–H groups in total. The van der Waals surface area contributed by atoms with Crippen molar-refractivity contribution in [3.8, 4) is 0 Å². The molecular weight excluding hydrogens is 368 g/mol. The molecule has 0 aliphatic carbocycles. The topological polar surface area (TPSA) is 97.1 Å². The normalized spacial score (nSPS) is 11.2. The van der Waals surface area contributed by atoms with Crippen molar-refractivity contribution in [1.29, 1.82) is 0 Å². The molecule has 3 rings (SSSR count). The lowest BCUT2D eigenvalue weighted by Gasteiger charge is -2.12. The largest absolute Gasteiger partial charge is 0.359 e. The van der Waals surface area contributed by atoms with E-state index in [9.17, 15) is 9.59 Å². The molecule has 150 valence electrons. The average molecular weight is 392 g/mol. The molecule has 0 radical (unpaired) electrons. The van der Waals surface area contributed by atoms with Gasteiger partial charge in [0.15, 0.2) is 5.82 Å². The summed E-state index contributed by atoms with van der Waals surface area (Å²) in [7, 11) is 0. The summed E-state index contributed by atoms with van der Waals surface area (Å²) >= 11 is 0. The second-order valence-corrected chi connectivity index (χ2v) is 7.87. The average Bonchev–Trinajstić information content (AvgIpc) is 3.12. The Balaban J connectivity index is 1.57. The Bertz CT molecular complexity index is 1020. The number of pyridine rings is 1. The van der Waals surface area contributed by atoms with Gasteiger partial charge in [0.2, 0.25) is 5.91 Å². The van der Waals surface area contributed by atoms with Crippen molar-refractivity contribution in [2.75, 3.05) is 10.6 Å². The lowest BCUT2D eigenvalue weighted by atomic mass is 9.93. The minimum absolute atomic E-state index is 0.177. The van der Waals surface area contributed by atoms with Crippen LogP contribution in [0.15, 0.2) is 53.2 Å². The third kappa shape index (κ3) is 5.28. The van der Waals surface area contributed by atoms with Crippen molar-refractivity contribution >= 4 is 23.3 Å². The van der Waals surface area contributed by atoms with Crippen LogP contribution in [-0.4, -0.2) is 22.0 Å². The maximum atomic E-state index is 12.3. The zero-order chi connectivity index (χ0) is 21.0. The molecule has 0 aliphatic rings. The predicted octanol–water partition coefficient (Wildman–Crippen LogP) is 4.11. The Hall–Kier alpha value is -3.48. The van der Waals surface area contributed by atoms with Crippen LogP contribution in [0.1, 0.15) is 48.1 Å². The second kappa shape index (κ2) is 8.26. The summed E-state index contributed by atoms with van der Waals surface area (Å²) in [5.41, 5.74) is 2.47. The highest BCUT2D eigenvalue weighted by molar-refractivity contribution is 6.03. The van der Waals surface area contributed by atoms with Gasteiger partial charge in [-0.15, -0.1) is 0 Å². The van der Waals surface area contributed by atoms with Crippen LogP contribution in [0.5, 0.6) is 0 Å². The smallest absolute Gasteiger partial charge is 0.274 e. The van der Waals surface area contributed by atoms with Crippen molar-refractivity contribution in [2.45, 2.75) is 39.5 Å². The van der Waals surface area contributed by atoms with Gasteiger partial charge in [-0.2, -0.15) is 0 Å². The second-order valence-electron chi connectivity index (χ2n) is 7.87. The van der Waals surface area contributed by atoms with Crippen molar-refractivity contribution < 1.29 is 14.1 Å². The van der Waals surface area contributed by atoms with E-state index in [2.05, 4.69) is 20.8 Å². The summed E-state index contributed by atoms with van der Waals surface area (Å²) in [6, 6.07) is 12.5. The number of nitrogens with zero attached hydrogens (tertiary/aromatic N) is 2. The first-order valence-electron chi connectivity index (χ1n) is 9.31. The SMILES string of the molecule is Cc1cccnc1C(=O)Nc1ccc(CC(=O)Nc2cc(C(C)(C)C)on2)cc1. The molecule has 29 heavy (non-hydrogen) atoms. The number of aromatic nitrogens is 2. The molecule has 0 atom stereocenters. The first-order valence-corrected chi connectivity index (χ1v) is 9.31. The molecule has 3 aromatic rings. The molecule has 7 nitrogen and oxygen atoms in total. The lowest BCUT2D eigenvalue weighted by molar-refractivity contribution is -0.115. The van der Waals surface area contributed by atoms with Gasteiger partial charge in [-0.1, -0.05) is 44.1 Å². The molecule has 0 bridgehead atoms. The highest BCUT2D eigenvalue weighted by Crippen LogP contribution is 2.24. The van der Waals surface area contributed by atoms with Crippen LogP contribution < -0.4 is 10.6 Å². The summed E-state index contributed by atoms with van der Waals surface area (Å²) < 4.78 is 5.27. The van der Waals surface area contributed by atoms with E-state index in [1.165, 1.54) is 0 Å². The Kier molecular flexibility index (Phi) is 5.77. The van der Waals surface area contributed by atoms with Crippen molar-refractivity contribution in [3.05, 3.63) is 71.2 Å². The zero-order valence-electron chi connectivity index (χ0n) is 16.9. The van der Waals surface area contributed by atoms with Crippen LogP contribution in [-0.2, 0) is 16.6 Å². The molecule has 0 unspecified atom stereocenters. The molecule has 2 aromatic heterocycles. The van der Waals surface area contributed by atoms with Gasteiger partial charge >= 0.3 is 0 Å². The van der Waals surface area contributed by atoms with Crippen LogP contribution in [0.25, 0.3) is 0 Å². The minimum Gasteiger partial charge on any atom is -0.359 e. The van der Waals surface area contributed by atoms with E-state index in [1.807, 2.05) is 33.8 Å². The van der Waals surface area contributed by atoms with E-state index >= 15 is 0 Å². The number of carbonyl (C=O) groups excluding carboxylic acids is 2. The number of anilines is 2. The minimum atomic E-state index is -0.269. The third-order valence-electron chi connectivity index (χ3n) is 4.32. The maximum Gasteiger partial charge on any atom is 0.274 e. The molecule has 0 saturated carbocycles. The highest BCUT2D eigenvalue weighted by atomic mass is 16.5. The summed E-state index contributed by atoms with van der Waals surface area (Å²) in [6.07, 6.45) is 1.77. The maximum absolute atomic E-state index is 12.3. The quantitative estimate of drug-likeness (QED) is 0.681. The van der Waals surface area contributed by atoms with Gasteiger partial charge in [-0.05, 0) is 36.2 Å². The molecule has 2 amide bonds. The van der Waals surface area contributed by atoms with Crippen LogP contribution in [0, 0.1) is 6.92 Å². The molecule has 0 saturated heterocycles. The molecule has 2 heterocycles. The van der Waals surface area contributed by atoms with Gasteiger partial charge in [-0.25, -0.2) is 0 Å². The monoisotopic (exact) mass is 392 g/mol. The number of benzene rings is 1. The first kappa shape index (κ1) is 20.3.